The number of hydrogen-bond acceptors (Lipinski definition) is 3. The number of aliphatic hydroxyl groups is 2. The van der Waals surface area contributed by atoms with Crippen molar-refractivity contribution in [1.29, 1.82) is 0 Å². The summed E-state index contributed by atoms with van der Waals surface area (Å²) in [6, 6.07) is 0. The molecular formula is C5H9FO3. The number of aliphatic hydroxyl groups excluding tert-OH is 2. The van der Waals surface area contributed by atoms with E-state index in [-0.39, 0.29) is 13.0 Å². The molecule has 2 N–H and O–H groups in total. The van der Waals surface area contributed by atoms with Crippen molar-refractivity contribution in [3.05, 3.63) is 0 Å². The Kier molecular flexibility index (Phi) is 1.70. The lowest BCUT2D eigenvalue weighted by Crippen LogP contribution is -2.26. The van der Waals surface area contributed by atoms with Crippen LogP contribution in [-0.4, -0.2) is 35.4 Å². The summed E-state index contributed by atoms with van der Waals surface area (Å²) in [5.41, 5.74) is 0. The summed E-state index contributed by atoms with van der Waals surface area (Å²) >= 11 is 0. The summed E-state index contributed by atoms with van der Waals surface area (Å²) in [5.74, 6) is -1.99. The second kappa shape index (κ2) is 2.21. The summed E-state index contributed by atoms with van der Waals surface area (Å²) in [4.78, 5) is 0. The first-order valence-electron chi connectivity index (χ1n) is 2.78. The van der Waals surface area contributed by atoms with E-state index in [0.717, 1.165) is 0 Å². The topological polar surface area (TPSA) is 49.7 Å². The molecule has 1 rings (SSSR count). The van der Waals surface area contributed by atoms with Gasteiger partial charge in [-0.25, -0.2) is 4.39 Å². The number of halogens is 1. The summed E-state index contributed by atoms with van der Waals surface area (Å²) in [7, 11) is 0. The first kappa shape index (κ1) is 6.92. The van der Waals surface area contributed by atoms with Crippen molar-refractivity contribution in [2.24, 2.45) is 0 Å². The lowest BCUT2D eigenvalue weighted by atomic mass is 10.2. The highest BCUT2D eigenvalue weighted by atomic mass is 19.2. The largest absolute Gasteiger partial charge is 0.390 e. The fourth-order valence-electron chi connectivity index (χ4n) is 0.825. The molecule has 54 valence electrons. The zero-order valence-corrected chi connectivity index (χ0v) is 4.88. The molecule has 1 aliphatic rings. The molecule has 1 aliphatic heterocycles. The molecule has 4 heteroatoms. The monoisotopic (exact) mass is 136 g/mol. The Morgan fingerprint density at radius 1 is 1.78 bits per heavy atom. The predicted molar refractivity (Wildman–Crippen MR) is 27.5 cm³/mol. The van der Waals surface area contributed by atoms with Gasteiger partial charge in [0, 0.05) is 6.42 Å². The third-order valence-electron chi connectivity index (χ3n) is 1.31. The van der Waals surface area contributed by atoms with Gasteiger partial charge in [0.25, 0.3) is 0 Å². The smallest absolute Gasteiger partial charge is 0.235 e. The molecule has 0 radical (unpaired) electrons. The van der Waals surface area contributed by atoms with Gasteiger partial charge in [-0.05, 0) is 0 Å². The van der Waals surface area contributed by atoms with Crippen molar-refractivity contribution in [2.45, 2.75) is 18.4 Å². The second-order valence-electron chi connectivity index (χ2n) is 2.21. The van der Waals surface area contributed by atoms with Crippen LogP contribution in [0.3, 0.4) is 0 Å². The summed E-state index contributed by atoms with van der Waals surface area (Å²) < 4.78 is 17.1. The molecule has 0 amide bonds. The fourth-order valence-corrected chi connectivity index (χ4v) is 0.825. The van der Waals surface area contributed by atoms with Crippen molar-refractivity contribution >= 4 is 0 Å². The van der Waals surface area contributed by atoms with Gasteiger partial charge >= 0.3 is 0 Å². The Balaban J connectivity index is 2.45. The standard InChI is InChI=1S/C5H9FO3/c6-5(3-7)1-4(8)2-9-5/h4,7-8H,1-3H2. The van der Waals surface area contributed by atoms with Crippen LogP contribution in [0.15, 0.2) is 0 Å². The molecule has 1 fully saturated rings. The summed E-state index contributed by atoms with van der Waals surface area (Å²) in [6.07, 6.45) is -0.883. The Morgan fingerprint density at radius 2 is 2.44 bits per heavy atom. The molecule has 1 saturated heterocycles. The van der Waals surface area contributed by atoms with E-state index < -0.39 is 18.6 Å². The van der Waals surface area contributed by atoms with Gasteiger partial charge in [0.2, 0.25) is 5.85 Å². The maximum absolute atomic E-state index is 12.7. The Labute approximate surface area is 52.1 Å². The highest BCUT2D eigenvalue weighted by Crippen LogP contribution is 2.26. The van der Waals surface area contributed by atoms with Crippen LogP contribution in [0, 0.1) is 0 Å². The van der Waals surface area contributed by atoms with Gasteiger partial charge in [-0.2, -0.15) is 0 Å². The molecule has 0 aliphatic carbocycles. The molecule has 2 unspecified atom stereocenters. The maximum Gasteiger partial charge on any atom is 0.235 e. The fraction of sp³-hybridized carbons (Fsp3) is 1.00. The second-order valence-corrected chi connectivity index (χ2v) is 2.21. The van der Waals surface area contributed by atoms with Crippen LogP contribution in [0.25, 0.3) is 0 Å². The average Bonchev–Trinajstić information content (AvgIpc) is 2.13. The van der Waals surface area contributed by atoms with Crippen LogP contribution in [0.5, 0.6) is 0 Å². The highest BCUT2D eigenvalue weighted by Gasteiger charge is 2.39. The molecule has 0 aromatic rings. The number of rotatable bonds is 1. The van der Waals surface area contributed by atoms with E-state index in [2.05, 4.69) is 4.74 Å². The predicted octanol–water partition coefficient (Wildman–Crippen LogP) is -0.574. The van der Waals surface area contributed by atoms with E-state index in [0.29, 0.717) is 0 Å². The summed E-state index contributed by atoms with van der Waals surface area (Å²) in [6.45, 7) is -0.693. The quantitative estimate of drug-likeness (QED) is 0.507. The van der Waals surface area contributed by atoms with E-state index in [4.69, 9.17) is 10.2 Å². The molecule has 0 aromatic carbocycles. The van der Waals surface area contributed by atoms with Crippen LogP contribution in [0.2, 0.25) is 0 Å². The minimum Gasteiger partial charge on any atom is -0.390 e. The van der Waals surface area contributed by atoms with Crippen molar-refractivity contribution < 1.29 is 19.3 Å². The zero-order valence-electron chi connectivity index (χ0n) is 4.88. The van der Waals surface area contributed by atoms with Crippen LogP contribution < -0.4 is 0 Å². The lowest BCUT2D eigenvalue weighted by molar-refractivity contribution is -0.135. The van der Waals surface area contributed by atoms with E-state index in [1.807, 2.05) is 0 Å². The van der Waals surface area contributed by atoms with Crippen LogP contribution >= 0.6 is 0 Å². The third kappa shape index (κ3) is 1.38. The maximum atomic E-state index is 12.7. The SMILES string of the molecule is OCC1(F)CC(O)CO1. The van der Waals surface area contributed by atoms with E-state index >= 15 is 0 Å². The Morgan fingerprint density at radius 3 is 2.67 bits per heavy atom. The Bertz CT molecular complexity index is 108. The van der Waals surface area contributed by atoms with E-state index in [9.17, 15) is 4.39 Å². The van der Waals surface area contributed by atoms with Gasteiger partial charge in [0.15, 0.2) is 0 Å². The molecular weight excluding hydrogens is 127 g/mol. The Hall–Kier alpha value is -0.190. The number of hydrogen-bond donors (Lipinski definition) is 2. The van der Waals surface area contributed by atoms with Gasteiger partial charge in [-0.1, -0.05) is 0 Å². The van der Waals surface area contributed by atoms with Crippen LogP contribution in [-0.2, 0) is 4.74 Å². The third-order valence-corrected chi connectivity index (χ3v) is 1.31. The molecule has 0 aromatic heterocycles. The normalized spacial score (nSPS) is 43.7. The highest BCUT2D eigenvalue weighted by molar-refractivity contribution is 4.78. The minimum absolute atomic E-state index is 0.0168. The molecule has 3 nitrogen and oxygen atoms in total. The van der Waals surface area contributed by atoms with Crippen LogP contribution in [0.1, 0.15) is 6.42 Å². The van der Waals surface area contributed by atoms with Gasteiger partial charge in [0.1, 0.15) is 6.61 Å². The average molecular weight is 136 g/mol. The number of ether oxygens (including phenoxy) is 1. The lowest BCUT2D eigenvalue weighted by Gasteiger charge is -2.13. The minimum atomic E-state index is -1.99. The van der Waals surface area contributed by atoms with Crippen molar-refractivity contribution in [3.8, 4) is 0 Å². The molecule has 9 heavy (non-hydrogen) atoms. The van der Waals surface area contributed by atoms with Crippen molar-refractivity contribution in [3.63, 3.8) is 0 Å². The van der Waals surface area contributed by atoms with Crippen LogP contribution in [0.4, 0.5) is 4.39 Å². The number of alkyl halides is 1. The first-order chi connectivity index (χ1) is 4.16. The molecule has 1 heterocycles. The van der Waals surface area contributed by atoms with E-state index in [1.165, 1.54) is 0 Å². The first-order valence-corrected chi connectivity index (χ1v) is 2.78. The van der Waals surface area contributed by atoms with Crippen molar-refractivity contribution in [1.82, 2.24) is 0 Å². The molecule has 0 spiro atoms. The van der Waals surface area contributed by atoms with Gasteiger partial charge in [0.05, 0.1) is 12.7 Å². The van der Waals surface area contributed by atoms with Gasteiger partial charge in [-0.3, -0.25) is 0 Å². The van der Waals surface area contributed by atoms with Gasteiger partial charge in [-0.15, -0.1) is 0 Å². The molecule has 2 atom stereocenters. The molecule has 0 saturated carbocycles. The zero-order chi connectivity index (χ0) is 6.91. The van der Waals surface area contributed by atoms with Gasteiger partial charge < -0.3 is 14.9 Å². The van der Waals surface area contributed by atoms with E-state index in [1.54, 1.807) is 0 Å². The molecule has 0 bridgehead atoms. The van der Waals surface area contributed by atoms with Crippen molar-refractivity contribution in [2.75, 3.05) is 13.2 Å². The summed E-state index contributed by atoms with van der Waals surface area (Å²) in [5, 5.41) is 17.1.